The Bertz CT molecular complexity index is 732. The number of anilines is 1. The molecule has 2 aromatic rings. The van der Waals surface area contributed by atoms with Crippen LogP contribution in [0.2, 0.25) is 5.02 Å². The standard InChI is InChI=1S/C13H14BrClN2O2S2/c1-2-16-7-9-5-13(20-8-9)21(18,19)17-12-4-3-10(15)6-11(12)14/h3-6,8,16-17H,2,7H2,1H3. The lowest BCUT2D eigenvalue weighted by Gasteiger charge is -2.08. The van der Waals surface area contributed by atoms with Gasteiger partial charge in [0.15, 0.2) is 0 Å². The summed E-state index contributed by atoms with van der Waals surface area (Å²) < 4.78 is 28.1. The van der Waals surface area contributed by atoms with Crippen LogP contribution in [0.1, 0.15) is 12.5 Å². The molecule has 0 fully saturated rings. The lowest BCUT2D eigenvalue weighted by atomic mass is 10.3. The first-order valence-electron chi connectivity index (χ1n) is 6.18. The Hall–Kier alpha value is -0.600. The van der Waals surface area contributed by atoms with E-state index in [2.05, 4.69) is 26.0 Å². The molecule has 1 aromatic heterocycles. The van der Waals surface area contributed by atoms with Gasteiger partial charge in [0.25, 0.3) is 10.0 Å². The summed E-state index contributed by atoms with van der Waals surface area (Å²) in [5.74, 6) is 0. The van der Waals surface area contributed by atoms with Gasteiger partial charge in [-0.2, -0.15) is 0 Å². The molecule has 0 aliphatic heterocycles. The Balaban J connectivity index is 2.19. The molecular weight excluding hydrogens is 396 g/mol. The molecule has 0 aliphatic carbocycles. The lowest BCUT2D eigenvalue weighted by molar-refractivity contribution is 0.603. The van der Waals surface area contributed by atoms with E-state index in [-0.39, 0.29) is 4.21 Å². The van der Waals surface area contributed by atoms with Crippen LogP contribution in [-0.2, 0) is 16.6 Å². The molecule has 0 saturated carbocycles. The van der Waals surface area contributed by atoms with Crippen molar-refractivity contribution in [2.24, 2.45) is 0 Å². The average Bonchev–Trinajstić information content (AvgIpc) is 2.89. The monoisotopic (exact) mass is 408 g/mol. The Kier molecular flexibility index (Phi) is 5.67. The van der Waals surface area contributed by atoms with Crippen LogP contribution in [0.5, 0.6) is 0 Å². The molecule has 0 bridgehead atoms. The molecule has 0 saturated heterocycles. The van der Waals surface area contributed by atoms with Gasteiger partial charge in [0.05, 0.1) is 5.69 Å². The van der Waals surface area contributed by atoms with E-state index in [1.165, 1.54) is 11.3 Å². The lowest BCUT2D eigenvalue weighted by Crippen LogP contribution is -2.13. The first-order valence-corrected chi connectivity index (χ1v) is 9.71. The van der Waals surface area contributed by atoms with E-state index in [4.69, 9.17) is 11.6 Å². The van der Waals surface area contributed by atoms with Gasteiger partial charge >= 0.3 is 0 Å². The second kappa shape index (κ2) is 7.11. The van der Waals surface area contributed by atoms with Crippen LogP contribution in [0.25, 0.3) is 0 Å². The van der Waals surface area contributed by atoms with Crippen LogP contribution in [0.15, 0.2) is 38.3 Å². The summed E-state index contributed by atoms with van der Waals surface area (Å²) in [7, 11) is -3.59. The molecule has 8 heteroatoms. The molecule has 1 heterocycles. The maximum absolute atomic E-state index is 12.4. The first kappa shape index (κ1) is 16.8. The minimum Gasteiger partial charge on any atom is -0.313 e. The molecule has 0 atom stereocenters. The highest BCUT2D eigenvalue weighted by Crippen LogP contribution is 2.29. The van der Waals surface area contributed by atoms with Crippen LogP contribution >= 0.6 is 38.9 Å². The molecule has 2 N–H and O–H groups in total. The van der Waals surface area contributed by atoms with Crippen LogP contribution in [-0.4, -0.2) is 15.0 Å². The van der Waals surface area contributed by atoms with Crippen molar-refractivity contribution in [2.45, 2.75) is 17.7 Å². The highest BCUT2D eigenvalue weighted by atomic mass is 79.9. The molecular formula is C13H14BrClN2O2S2. The van der Waals surface area contributed by atoms with E-state index in [1.807, 2.05) is 12.3 Å². The van der Waals surface area contributed by atoms with Crippen molar-refractivity contribution < 1.29 is 8.42 Å². The Morgan fingerprint density at radius 2 is 2.10 bits per heavy atom. The van der Waals surface area contributed by atoms with E-state index in [1.54, 1.807) is 24.3 Å². The van der Waals surface area contributed by atoms with E-state index in [9.17, 15) is 8.42 Å². The van der Waals surface area contributed by atoms with Crippen molar-refractivity contribution in [2.75, 3.05) is 11.3 Å². The smallest absolute Gasteiger partial charge is 0.271 e. The van der Waals surface area contributed by atoms with Crippen molar-refractivity contribution in [3.63, 3.8) is 0 Å². The average molecular weight is 410 g/mol. The van der Waals surface area contributed by atoms with Crippen LogP contribution < -0.4 is 10.0 Å². The fourth-order valence-electron chi connectivity index (χ4n) is 1.62. The van der Waals surface area contributed by atoms with Gasteiger partial charge < -0.3 is 5.32 Å². The van der Waals surface area contributed by atoms with E-state index >= 15 is 0 Å². The van der Waals surface area contributed by atoms with Gasteiger partial charge in [-0.25, -0.2) is 8.42 Å². The summed E-state index contributed by atoms with van der Waals surface area (Å²) in [6, 6.07) is 6.58. The normalized spacial score (nSPS) is 11.6. The van der Waals surface area contributed by atoms with Gasteiger partial charge in [0, 0.05) is 16.0 Å². The Morgan fingerprint density at radius 1 is 1.33 bits per heavy atom. The SMILES string of the molecule is CCNCc1csc(S(=O)(=O)Nc2ccc(Cl)cc2Br)c1. The predicted octanol–water partition coefficient (Wildman–Crippen LogP) is 4.07. The molecule has 0 radical (unpaired) electrons. The van der Waals surface area contributed by atoms with Gasteiger partial charge in [-0.1, -0.05) is 18.5 Å². The quantitative estimate of drug-likeness (QED) is 0.756. The highest BCUT2D eigenvalue weighted by Gasteiger charge is 2.18. The number of nitrogens with one attached hydrogen (secondary N) is 2. The molecule has 114 valence electrons. The van der Waals surface area contributed by atoms with Crippen molar-refractivity contribution in [1.29, 1.82) is 0 Å². The van der Waals surface area contributed by atoms with Crippen molar-refractivity contribution in [1.82, 2.24) is 5.32 Å². The minimum atomic E-state index is -3.59. The van der Waals surface area contributed by atoms with Gasteiger partial charge in [-0.3, -0.25) is 4.72 Å². The second-order valence-electron chi connectivity index (χ2n) is 4.28. The minimum absolute atomic E-state index is 0.289. The Morgan fingerprint density at radius 3 is 2.76 bits per heavy atom. The highest BCUT2D eigenvalue weighted by molar-refractivity contribution is 9.10. The topological polar surface area (TPSA) is 58.2 Å². The number of hydrogen-bond donors (Lipinski definition) is 2. The van der Waals surface area contributed by atoms with Crippen molar-refractivity contribution in [3.05, 3.63) is 44.7 Å². The van der Waals surface area contributed by atoms with E-state index < -0.39 is 10.0 Å². The zero-order valence-electron chi connectivity index (χ0n) is 11.2. The summed E-state index contributed by atoms with van der Waals surface area (Å²) >= 11 is 10.3. The summed E-state index contributed by atoms with van der Waals surface area (Å²) in [4.78, 5) is 0. The number of thiophene rings is 1. The zero-order valence-corrected chi connectivity index (χ0v) is 15.2. The summed E-state index contributed by atoms with van der Waals surface area (Å²) in [5, 5.41) is 5.54. The van der Waals surface area contributed by atoms with Gasteiger partial charge in [0.2, 0.25) is 0 Å². The zero-order chi connectivity index (χ0) is 15.5. The molecule has 21 heavy (non-hydrogen) atoms. The summed E-state index contributed by atoms with van der Waals surface area (Å²) in [6.45, 7) is 3.50. The molecule has 2 rings (SSSR count). The number of rotatable bonds is 6. The molecule has 0 amide bonds. The number of benzene rings is 1. The number of halogens is 2. The third kappa shape index (κ3) is 4.43. The fourth-order valence-corrected chi connectivity index (χ4v) is 4.83. The third-order valence-corrected chi connectivity index (χ3v) is 6.39. The predicted molar refractivity (Wildman–Crippen MR) is 91.7 cm³/mol. The van der Waals surface area contributed by atoms with Crippen molar-refractivity contribution in [3.8, 4) is 0 Å². The largest absolute Gasteiger partial charge is 0.313 e. The first-order chi connectivity index (χ1) is 9.92. The summed E-state index contributed by atoms with van der Waals surface area (Å²) in [6.07, 6.45) is 0. The molecule has 0 spiro atoms. The third-order valence-electron chi connectivity index (χ3n) is 2.65. The maximum atomic E-state index is 12.4. The second-order valence-corrected chi connectivity index (χ2v) is 8.40. The number of sulfonamides is 1. The molecule has 4 nitrogen and oxygen atoms in total. The van der Waals surface area contributed by atoms with E-state index in [0.29, 0.717) is 21.7 Å². The fraction of sp³-hybridized carbons (Fsp3) is 0.231. The summed E-state index contributed by atoms with van der Waals surface area (Å²) in [5.41, 5.74) is 1.42. The Labute approximate surface area is 141 Å². The van der Waals surface area contributed by atoms with Crippen LogP contribution in [0.3, 0.4) is 0 Å². The van der Waals surface area contributed by atoms with Gasteiger partial charge in [-0.15, -0.1) is 11.3 Å². The molecule has 0 unspecified atom stereocenters. The van der Waals surface area contributed by atoms with Crippen LogP contribution in [0.4, 0.5) is 5.69 Å². The number of hydrogen-bond acceptors (Lipinski definition) is 4. The van der Waals surface area contributed by atoms with Gasteiger partial charge in [0.1, 0.15) is 4.21 Å². The van der Waals surface area contributed by atoms with E-state index in [0.717, 1.165) is 12.1 Å². The molecule has 1 aromatic carbocycles. The molecule has 0 aliphatic rings. The van der Waals surface area contributed by atoms with Gasteiger partial charge in [-0.05, 0) is 57.7 Å². The van der Waals surface area contributed by atoms with Crippen LogP contribution in [0, 0.1) is 0 Å². The van der Waals surface area contributed by atoms with Crippen molar-refractivity contribution >= 4 is 54.6 Å². The maximum Gasteiger partial charge on any atom is 0.271 e.